The Morgan fingerprint density at radius 3 is 1.56 bits per heavy atom. The molecule has 79 heavy (non-hydrogen) atoms. The van der Waals surface area contributed by atoms with Crippen molar-refractivity contribution in [3.63, 3.8) is 0 Å². The Bertz CT molecular complexity index is 3220. The summed E-state index contributed by atoms with van der Waals surface area (Å²) in [6.45, 7) is 9.98. The van der Waals surface area contributed by atoms with Gasteiger partial charge in [0.25, 0.3) is 11.8 Å². The minimum Gasteiger partial charge on any atom is -0.463 e. The number of amides is 4. The molecule has 0 bridgehead atoms. The van der Waals surface area contributed by atoms with Crippen molar-refractivity contribution in [3.8, 4) is 11.5 Å². The van der Waals surface area contributed by atoms with Crippen LogP contribution in [0, 0.1) is 0 Å². The standard InChI is InChI=1S/C56H60Cl2N4O16S/c1-29(63)71-28-43-48(72-30(2)64)49(73-31(3)65)50(74-32(4)66)53(76-43)75-41-22-39-46(37-16-12-10-14-35(37)41)33(24-57)26-61(39)51(67)44-18-19-45(79-44)52(68)62-27-34(25-58)47-38-17-13-11-15-36(38)42(23-40(47)62)77-54(69)59(8)20-21-60(9)55(70)78-56(5,6)7/h10-19,22-23,33-34,43,48-50,53H,20-21,24-28H2,1-9H3/t33-,34-,43-,48+,49+,50-,53-/m1/s1. The van der Waals surface area contributed by atoms with Gasteiger partial charge in [-0.05, 0) is 54.8 Å². The summed E-state index contributed by atoms with van der Waals surface area (Å²) in [6, 6.07) is 21.0. The largest absolute Gasteiger partial charge is 0.463 e. The average molecular weight is 1150 g/mol. The maximum Gasteiger partial charge on any atom is 0.415 e. The second-order valence-electron chi connectivity index (χ2n) is 20.3. The van der Waals surface area contributed by atoms with Crippen LogP contribution in [0.15, 0.2) is 72.8 Å². The molecule has 0 saturated carbocycles. The maximum atomic E-state index is 14.9. The van der Waals surface area contributed by atoms with Crippen molar-refractivity contribution in [2.24, 2.45) is 0 Å². The normalized spacial score (nSPS) is 20.4. The van der Waals surface area contributed by atoms with E-state index in [2.05, 4.69) is 0 Å². The van der Waals surface area contributed by atoms with Crippen LogP contribution in [-0.2, 0) is 47.6 Å². The van der Waals surface area contributed by atoms with Crippen molar-refractivity contribution < 1.29 is 76.3 Å². The molecule has 1 aromatic heterocycles. The zero-order chi connectivity index (χ0) is 57.2. The second-order valence-corrected chi connectivity index (χ2v) is 22.0. The van der Waals surface area contributed by atoms with Gasteiger partial charge in [0.15, 0.2) is 12.2 Å². The van der Waals surface area contributed by atoms with Crippen LogP contribution < -0.4 is 19.3 Å². The second kappa shape index (κ2) is 24.0. The number of alkyl halides is 2. The van der Waals surface area contributed by atoms with Gasteiger partial charge in [-0.2, -0.15) is 0 Å². The third-order valence-electron chi connectivity index (χ3n) is 13.3. The third-order valence-corrected chi connectivity index (χ3v) is 15.1. The predicted octanol–water partition coefficient (Wildman–Crippen LogP) is 8.78. The first-order chi connectivity index (χ1) is 37.5. The van der Waals surface area contributed by atoms with Gasteiger partial charge in [-0.15, -0.1) is 34.5 Å². The first-order valence-electron chi connectivity index (χ1n) is 25.3. The highest BCUT2D eigenvalue weighted by Gasteiger charge is 2.54. The number of carbonyl (C=O) groups excluding carboxylic acids is 8. The molecule has 0 unspecified atom stereocenters. The Morgan fingerprint density at radius 2 is 1.08 bits per heavy atom. The lowest BCUT2D eigenvalue weighted by molar-refractivity contribution is -0.288. The van der Waals surface area contributed by atoms with E-state index < -0.39 is 90.8 Å². The highest BCUT2D eigenvalue weighted by Crippen LogP contribution is 2.49. The number of halogens is 2. The van der Waals surface area contributed by atoms with Gasteiger partial charge in [-0.1, -0.05) is 48.5 Å². The molecule has 1 saturated heterocycles. The van der Waals surface area contributed by atoms with E-state index in [0.717, 1.165) is 48.6 Å². The van der Waals surface area contributed by atoms with Crippen molar-refractivity contribution in [1.29, 1.82) is 0 Å². The zero-order valence-corrected chi connectivity index (χ0v) is 47.2. The Balaban J connectivity index is 1.09. The van der Waals surface area contributed by atoms with Crippen LogP contribution >= 0.6 is 34.5 Å². The Hall–Kier alpha value is -7.20. The number of carbonyl (C=O) groups is 8. The molecule has 8 rings (SSSR count). The summed E-state index contributed by atoms with van der Waals surface area (Å²) in [5.74, 6) is -4.00. The number of esters is 4. The average Bonchev–Trinajstić information content (AvgIpc) is 4.29. The van der Waals surface area contributed by atoms with Crippen molar-refractivity contribution in [1.82, 2.24) is 9.80 Å². The molecule has 3 aliphatic heterocycles. The fourth-order valence-corrected chi connectivity index (χ4v) is 11.3. The van der Waals surface area contributed by atoms with Gasteiger partial charge >= 0.3 is 36.1 Å². The fraction of sp³-hybridized carbons (Fsp3) is 0.429. The SMILES string of the molecule is CC(=O)OC[C@H]1O[C@@H](Oc2cc3c(c4ccccc24)[C@H](CCl)CN3C(=O)c2ccc(C(=O)N3C[C@@H](CCl)c4c3cc(OC(=O)N(C)CCN(C)C(=O)OC(C)(C)C)c3ccccc43)s2)[C@H](OC(C)=O)[C@@H](OC(C)=O)[C@H]1OC(C)=O. The number of rotatable bonds is 15. The summed E-state index contributed by atoms with van der Waals surface area (Å²) >= 11 is 14.3. The Morgan fingerprint density at radius 1 is 0.620 bits per heavy atom. The van der Waals surface area contributed by atoms with E-state index in [9.17, 15) is 38.4 Å². The molecule has 7 atom stereocenters. The lowest BCUT2D eigenvalue weighted by atomic mass is 9.95. The highest BCUT2D eigenvalue weighted by molar-refractivity contribution is 7.16. The number of thiophene rings is 1. The third kappa shape index (κ3) is 12.6. The van der Waals surface area contributed by atoms with E-state index in [-0.39, 0.29) is 71.0 Å². The molecule has 3 aliphatic rings. The topological polar surface area (TPSA) is 223 Å². The van der Waals surface area contributed by atoms with Gasteiger partial charge in [-0.3, -0.25) is 28.8 Å². The van der Waals surface area contributed by atoms with Crippen molar-refractivity contribution in [2.75, 3.05) is 68.4 Å². The molecule has 23 heteroatoms. The van der Waals surface area contributed by atoms with Crippen molar-refractivity contribution >= 4 is 115 Å². The first kappa shape index (κ1) is 58.0. The molecule has 420 valence electrons. The highest BCUT2D eigenvalue weighted by atomic mass is 35.5. The maximum absolute atomic E-state index is 14.9. The van der Waals surface area contributed by atoms with E-state index in [1.165, 1.54) is 16.7 Å². The summed E-state index contributed by atoms with van der Waals surface area (Å²) in [6.07, 6.45) is -8.56. The van der Waals surface area contributed by atoms with E-state index in [4.69, 9.17) is 61.1 Å². The van der Waals surface area contributed by atoms with Gasteiger partial charge in [0.1, 0.15) is 29.8 Å². The van der Waals surface area contributed by atoms with Crippen LogP contribution in [0.3, 0.4) is 0 Å². The van der Waals surface area contributed by atoms with Crippen molar-refractivity contribution in [2.45, 2.75) is 96.6 Å². The van der Waals surface area contributed by atoms with E-state index in [1.807, 2.05) is 36.4 Å². The summed E-state index contributed by atoms with van der Waals surface area (Å²) in [5, 5.41) is 2.58. The molecule has 5 aromatic rings. The van der Waals surface area contributed by atoms with Crippen LogP contribution in [0.2, 0.25) is 0 Å². The Kier molecular flexibility index (Phi) is 17.6. The molecule has 4 heterocycles. The monoisotopic (exact) mass is 1150 g/mol. The number of ether oxygens (including phenoxy) is 8. The first-order valence-corrected chi connectivity index (χ1v) is 27.2. The fourth-order valence-electron chi connectivity index (χ4n) is 9.88. The lowest BCUT2D eigenvalue weighted by Crippen LogP contribution is -2.63. The van der Waals surface area contributed by atoms with Crippen LogP contribution in [0.1, 0.15) is 90.8 Å². The smallest absolute Gasteiger partial charge is 0.415 e. The number of fused-ring (bicyclic) bond motifs is 6. The van der Waals surface area contributed by atoms with Gasteiger partial charge < -0.3 is 57.5 Å². The molecule has 20 nitrogen and oxygen atoms in total. The molecule has 4 aromatic carbocycles. The van der Waals surface area contributed by atoms with E-state index >= 15 is 0 Å². The molecule has 1 fully saturated rings. The summed E-state index contributed by atoms with van der Waals surface area (Å²) in [7, 11) is 3.12. The van der Waals surface area contributed by atoms with Gasteiger partial charge in [0, 0.05) is 114 Å². The van der Waals surface area contributed by atoms with Gasteiger partial charge in [-0.25, -0.2) is 9.59 Å². The Labute approximate surface area is 469 Å². The lowest BCUT2D eigenvalue weighted by Gasteiger charge is -2.44. The molecule has 0 N–H and O–H groups in total. The van der Waals surface area contributed by atoms with Gasteiger partial charge in [0.2, 0.25) is 12.4 Å². The zero-order valence-electron chi connectivity index (χ0n) is 44.9. The predicted molar refractivity (Wildman–Crippen MR) is 293 cm³/mol. The number of nitrogens with zero attached hydrogens (tertiary/aromatic N) is 4. The van der Waals surface area contributed by atoms with Crippen LogP contribution in [0.25, 0.3) is 21.5 Å². The van der Waals surface area contributed by atoms with Crippen molar-refractivity contribution in [3.05, 3.63) is 93.7 Å². The summed E-state index contributed by atoms with van der Waals surface area (Å²) in [5.41, 5.74) is 1.75. The van der Waals surface area contributed by atoms with Gasteiger partial charge in [0.05, 0.1) is 21.1 Å². The minimum absolute atomic E-state index is 0.124. The number of anilines is 2. The molecule has 0 spiro atoms. The summed E-state index contributed by atoms with van der Waals surface area (Å²) in [4.78, 5) is 112. The number of hydrogen-bond acceptors (Lipinski definition) is 17. The molecule has 0 radical (unpaired) electrons. The quantitative estimate of drug-likeness (QED) is 0.0543. The summed E-state index contributed by atoms with van der Waals surface area (Å²) < 4.78 is 46.5. The number of likely N-dealkylation sites (N-methyl/N-ethyl adjacent to an activating group) is 2. The van der Waals surface area contributed by atoms with E-state index in [0.29, 0.717) is 27.5 Å². The van der Waals surface area contributed by atoms with E-state index in [1.54, 1.807) is 81.1 Å². The molecular formula is C56H60Cl2N4O16S. The number of benzene rings is 4. The minimum atomic E-state index is -1.58. The van der Waals surface area contributed by atoms with Crippen LogP contribution in [-0.4, -0.2) is 153 Å². The molecular weight excluding hydrogens is 1090 g/mol. The van der Waals surface area contributed by atoms with Crippen LogP contribution in [0.5, 0.6) is 11.5 Å². The molecule has 0 aliphatic carbocycles. The molecule has 4 amide bonds. The van der Waals surface area contributed by atoms with Crippen LogP contribution in [0.4, 0.5) is 21.0 Å². The number of hydrogen-bond donors (Lipinski definition) is 0.